The van der Waals surface area contributed by atoms with Crippen LogP contribution >= 0.6 is 0 Å². The number of nitrogens with one attached hydrogen (secondary N) is 1. The molecule has 0 amide bonds. The Bertz CT molecular complexity index is 416. The first-order valence-corrected chi connectivity index (χ1v) is 7.73. The SMILES string of the molecule is CCC(CO)NCC(O)COc1ccc(C(C)C)c(C)c1. The van der Waals surface area contributed by atoms with Crippen LogP contribution in [0.4, 0.5) is 0 Å². The van der Waals surface area contributed by atoms with E-state index in [1.807, 2.05) is 19.1 Å². The van der Waals surface area contributed by atoms with Gasteiger partial charge in [-0.15, -0.1) is 0 Å². The van der Waals surface area contributed by atoms with E-state index in [0.29, 0.717) is 12.5 Å². The summed E-state index contributed by atoms with van der Waals surface area (Å²) in [5.41, 5.74) is 2.53. The first-order chi connectivity index (χ1) is 9.97. The van der Waals surface area contributed by atoms with Crippen LogP contribution in [0.2, 0.25) is 0 Å². The molecule has 0 bridgehead atoms. The first kappa shape index (κ1) is 18.0. The zero-order chi connectivity index (χ0) is 15.8. The van der Waals surface area contributed by atoms with Gasteiger partial charge in [0.05, 0.1) is 6.61 Å². The largest absolute Gasteiger partial charge is 0.491 e. The van der Waals surface area contributed by atoms with E-state index >= 15 is 0 Å². The van der Waals surface area contributed by atoms with Crippen molar-refractivity contribution in [1.82, 2.24) is 5.32 Å². The summed E-state index contributed by atoms with van der Waals surface area (Å²) in [4.78, 5) is 0. The van der Waals surface area contributed by atoms with Crippen LogP contribution in [0, 0.1) is 6.92 Å². The van der Waals surface area contributed by atoms with Crippen molar-refractivity contribution in [2.24, 2.45) is 0 Å². The topological polar surface area (TPSA) is 61.7 Å². The fourth-order valence-corrected chi connectivity index (χ4v) is 2.28. The number of ether oxygens (including phenoxy) is 1. The average Bonchev–Trinajstić information content (AvgIpc) is 2.45. The second-order valence-corrected chi connectivity index (χ2v) is 5.83. The summed E-state index contributed by atoms with van der Waals surface area (Å²) in [5.74, 6) is 1.28. The van der Waals surface area contributed by atoms with Gasteiger partial charge >= 0.3 is 0 Å². The van der Waals surface area contributed by atoms with Gasteiger partial charge in [-0.05, 0) is 42.5 Å². The van der Waals surface area contributed by atoms with Gasteiger partial charge in [0.15, 0.2) is 0 Å². The maximum Gasteiger partial charge on any atom is 0.119 e. The summed E-state index contributed by atoms with van der Waals surface area (Å²) < 4.78 is 5.63. The van der Waals surface area contributed by atoms with Gasteiger partial charge in [-0.1, -0.05) is 26.8 Å². The van der Waals surface area contributed by atoms with Gasteiger partial charge in [0, 0.05) is 12.6 Å². The number of hydrogen-bond acceptors (Lipinski definition) is 4. The third-order valence-corrected chi connectivity index (χ3v) is 3.66. The Labute approximate surface area is 128 Å². The van der Waals surface area contributed by atoms with Gasteiger partial charge in [-0.2, -0.15) is 0 Å². The quantitative estimate of drug-likeness (QED) is 0.654. The number of aryl methyl sites for hydroxylation is 1. The molecule has 2 unspecified atom stereocenters. The van der Waals surface area contributed by atoms with Gasteiger partial charge in [0.2, 0.25) is 0 Å². The van der Waals surface area contributed by atoms with Crippen molar-refractivity contribution in [3.63, 3.8) is 0 Å². The Morgan fingerprint density at radius 2 is 2.00 bits per heavy atom. The lowest BCUT2D eigenvalue weighted by molar-refractivity contribution is 0.0994. The molecule has 1 aromatic rings. The Morgan fingerprint density at radius 1 is 1.29 bits per heavy atom. The highest BCUT2D eigenvalue weighted by atomic mass is 16.5. The smallest absolute Gasteiger partial charge is 0.119 e. The summed E-state index contributed by atoms with van der Waals surface area (Å²) >= 11 is 0. The van der Waals surface area contributed by atoms with Gasteiger partial charge < -0.3 is 20.3 Å². The maximum atomic E-state index is 9.89. The first-order valence-electron chi connectivity index (χ1n) is 7.73. The van der Waals surface area contributed by atoms with Crippen LogP contribution in [0.15, 0.2) is 18.2 Å². The average molecular weight is 295 g/mol. The second kappa shape index (κ2) is 9.03. The second-order valence-electron chi connectivity index (χ2n) is 5.83. The lowest BCUT2D eigenvalue weighted by Gasteiger charge is -2.18. The number of aliphatic hydroxyl groups excluding tert-OH is 2. The molecule has 3 N–H and O–H groups in total. The van der Waals surface area contributed by atoms with E-state index in [1.165, 1.54) is 11.1 Å². The summed E-state index contributed by atoms with van der Waals surface area (Å²) in [5, 5.41) is 22.1. The molecule has 0 aliphatic carbocycles. The highest BCUT2D eigenvalue weighted by Gasteiger charge is 2.10. The third-order valence-electron chi connectivity index (χ3n) is 3.66. The minimum absolute atomic E-state index is 0.0345. The van der Waals surface area contributed by atoms with Crippen molar-refractivity contribution in [3.8, 4) is 5.75 Å². The van der Waals surface area contributed by atoms with Crippen LogP contribution in [0.5, 0.6) is 5.75 Å². The van der Waals surface area contributed by atoms with E-state index in [4.69, 9.17) is 9.84 Å². The summed E-state index contributed by atoms with van der Waals surface area (Å²) in [6, 6.07) is 6.08. The van der Waals surface area contributed by atoms with Crippen molar-refractivity contribution in [2.75, 3.05) is 19.8 Å². The van der Waals surface area contributed by atoms with E-state index in [-0.39, 0.29) is 19.3 Å². The molecule has 0 aromatic heterocycles. The zero-order valence-electron chi connectivity index (χ0n) is 13.6. The fraction of sp³-hybridized carbons (Fsp3) is 0.647. The normalized spacial score (nSPS) is 14.2. The van der Waals surface area contributed by atoms with E-state index in [9.17, 15) is 5.11 Å². The zero-order valence-corrected chi connectivity index (χ0v) is 13.6. The lowest BCUT2D eigenvalue weighted by Crippen LogP contribution is -2.39. The summed E-state index contributed by atoms with van der Waals surface area (Å²) in [6.07, 6.45) is 0.246. The van der Waals surface area contributed by atoms with Crippen molar-refractivity contribution in [1.29, 1.82) is 0 Å². The summed E-state index contributed by atoms with van der Waals surface area (Å²) in [7, 11) is 0. The molecule has 0 saturated carbocycles. The minimum Gasteiger partial charge on any atom is -0.491 e. The van der Waals surface area contributed by atoms with Crippen LogP contribution in [0.25, 0.3) is 0 Å². The Morgan fingerprint density at radius 3 is 2.52 bits per heavy atom. The molecule has 0 fully saturated rings. The van der Waals surface area contributed by atoms with Crippen LogP contribution in [0.3, 0.4) is 0 Å². The minimum atomic E-state index is -0.587. The molecule has 0 heterocycles. The molecule has 0 saturated heterocycles. The molecule has 2 atom stereocenters. The van der Waals surface area contributed by atoms with Crippen LogP contribution < -0.4 is 10.1 Å². The molecular weight excluding hydrogens is 266 g/mol. The maximum absolute atomic E-state index is 9.89. The van der Waals surface area contributed by atoms with Crippen LogP contribution in [0.1, 0.15) is 44.2 Å². The number of aliphatic hydroxyl groups is 2. The standard InChI is InChI=1S/C17H29NO3/c1-5-14(10-19)18-9-15(20)11-21-16-6-7-17(12(2)3)13(4)8-16/h6-8,12,14-15,18-20H,5,9-11H2,1-4H3. The van der Waals surface area contributed by atoms with Gasteiger partial charge in [0.25, 0.3) is 0 Å². The highest BCUT2D eigenvalue weighted by Crippen LogP contribution is 2.23. The molecule has 21 heavy (non-hydrogen) atoms. The molecule has 1 aromatic carbocycles. The molecule has 0 aliphatic rings. The van der Waals surface area contributed by atoms with Gasteiger partial charge in [0.1, 0.15) is 18.5 Å². The Kier molecular flexibility index (Phi) is 7.72. The molecule has 1 rings (SSSR count). The Hall–Kier alpha value is -1.10. The van der Waals surface area contributed by atoms with Crippen molar-refractivity contribution in [3.05, 3.63) is 29.3 Å². The number of benzene rings is 1. The molecule has 4 heteroatoms. The van der Waals surface area contributed by atoms with Crippen molar-refractivity contribution < 1.29 is 14.9 Å². The van der Waals surface area contributed by atoms with Crippen molar-refractivity contribution in [2.45, 2.75) is 52.2 Å². The summed E-state index contributed by atoms with van der Waals surface area (Å²) in [6.45, 7) is 9.16. The van der Waals surface area contributed by atoms with E-state index in [0.717, 1.165) is 12.2 Å². The van der Waals surface area contributed by atoms with Crippen LogP contribution in [-0.4, -0.2) is 42.1 Å². The highest BCUT2D eigenvalue weighted by molar-refractivity contribution is 5.36. The van der Waals surface area contributed by atoms with E-state index in [2.05, 4.69) is 32.2 Å². The molecule has 120 valence electrons. The molecule has 0 spiro atoms. The predicted octanol–water partition coefficient (Wildman–Crippen LogP) is 2.22. The lowest BCUT2D eigenvalue weighted by atomic mass is 9.98. The van der Waals surface area contributed by atoms with Crippen molar-refractivity contribution >= 4 is 0 Å². The monoisotopic (exact) mass is 295 g/mol. The molecule has 4 nitrogen and oxygen atoms in total. The van der Waals surface area contributed by atoms with Crippen LogP contribution in [-0.2, 0) is 0 Å². The number of hydrogen-bond donors (Lipinski definition) is 3. The Balaban J connectivity index is 2.42. The van der Waals surface area contributed by atoms with E-state index in [1.54, 1.807) is 0 Å². The predicted molar refractivity (Wildman–Crippen MR) is 85.9 cm³/mol. The fourth-order valence-electron chi connectivity index (χ4n) is 2.28. The van der Waals surface area contributed by atoms with E-state index < -0.39 is 6.10 Å². The number of rotatable bonds is 9. The molecule has 0 aliphatic heterocycles. The van der Waals surface area contributed by atoms with Gasteiger partial charge in [-0.3, -0.25) is 0 Å². The molecular formula is C17H29NO3. The third kappa shape index (κ3) is 6.04. The van der Waals surface area contributed by atoms with Gasteiger partial charge in [-0.25, -0.2) is 0 Å². The molecule has 0 radical (unpaired) electrons.